The summed E-state index contributed by atoms with van der Waals surface area (Å²) in [5.41, 5.74) is 6.03. The minimum absolute atomic E-state index is 0.105. The lowest BCUT2D eigenvalue weighted by molar-refractivity contribution is -0.122. The SMILES string of the molecule is COc1ccc(Br)cc1C(=O)CCC(=O)NC1(CN)CCCC1. The second-order valence-electron chi connectivity index (χ2n) is 6.01. The predicted octanol–water partition coefficient (Wildman–Crippen LogP) is 2.81. The Labute approximate surface area is 145 Å². The first-order valence-electron chi connectivity index (χ1n) is 7.87. The Bertz CT molecular complexity index is 583. The summed E-state index contributed by atoms with van der Waals surface area (Å²) in [6, 6.07) is 5.27. The van der Waals surface area contributed by atoms with Crippen LogP contribution in [-0.2, 0) is 4.79 Å². The zero-order chi connectivity index (χ0) is 16.9. The summed E-state index contributed by atoms with van der Waals surface area (Å²) in [5.74, 6) is 0.305. The van der Waals surface area contributed by atoms with Gasteiger partial charge in [-0.25, -0.2) is 0 Å². The highest BCUT2D eigenvalue weighted by Gasteiger charge is 2.33. The predicted molar refractivity (Wildman–Crippen MR) is 92.7 cm³/mol. The number of methoxy groups -OCH3 is 1. The van der Waals surface area contributed by atoms with Crippen molar-refractivity contribution in [2.75, 3.05) is 13.7 Å². The molecule has 1 amide bonds. The molecule has 1 aliphatic carbocycles. The van der Waals surface area contributed by atoms with Gasteiger partial charge in [-0.1, -0.05) is 28.8 Å². The van der Waals surface area contributed by atoms with Gasteiger partial charge in [0.1, 0.15) is 5.75 Å². The number of amides is 1. The maximum absolute atomic E-state index is 12.4. The lowest BCUT2D eigenvalue weighted by Gasteiger charge is -2.28. The molecule has 0 spiro atoms. The largest absolute Gasteiger partial charge is 0.496 e. The van der Waals surface area contributed by atoms with E-state index in [0.29, 0.717) is 17.9 Å². The molecule has 1 saturated carbocycles. The maximum atomic E-state index is 12.4. The van der Waals surface area contributed by atoms with Gasteiger partial charge in [0.25, 0.3) is 0 Å². The van der Waals surface area contributed by atoms with Crippen LogP contribution in [0.2, 0.25) is 0 Å². The van der Waals surface area contributed by atoms with Crippen molar-refractivity contribution in [1.29, 1.82) is 0 Å². The highest BCUT2D eigenvalue weighted by molar-refractivity contribution is 9.10. The first-order chi connectivity index (χ1) is 11.0. The Morgan fingerprint density at radius 2 is 2.00 bits per heavy atom. The van der Waals surface area contributed by atoms with Gasteiger partial charge in [0.15, 0.2) is 5.78 Å². The van der Waals surface area contributed by atoms with Crippen LogP contribution in [0.4, 0.5) is 0 Å². The van der Waals surface area contributed by atoms with Crippen LogP contribution in [0.15, 0.2) is 22.7 Å². The van der Waals surface area contributed by atoms with Crippen LogP contribution < -0.4 is 15.8 Å². The van der Waals surface area contributed by atoms with Crippen molar-refractivity contribution >= 4 is 27.6 Å². The number of carbonyl (C=O) groups is 2. The van der Waals surface area contributed by atoms with E-state index in [1.54, 1.807) is 12.1 Å². The number of hydrogen-bond donors (Lipinski definition) is 2. The highest BCUT2D eigenvalue weighted by atomic mass is 79.9. The van der Waals surface area contributed by atoms with E-state index in [0.717, 1.165) is 30.2 Å². The maximum Gasteiger partial charge on any atom is 0.220 e. The second kappa shape index (κ2) is 7.93. The van der Waals surface area contributed by atoms with Gasteiger partial charge in [-0.2, -0.15) is 0 Å². The number of Topliss-reactive ketones (excluding diaryl/α,β-unsaturated/α-hetero) is 1. The number of hydrogen-bond acceptors (Lipinski definition) is 4. The van der Waals surface area contributed by atoms with Gasteiger partial charge in [0, 0.05) is 23.9 Å². The van der Waals surface area contributed by atoms with E-state index in [1.807, 2.05) is 6.07 Å². The molecule has 0 aliphatic heterocycles. The number of nitrogens with one attached hydrogen (secondary N) is 1. The normalized spacial score (nSPS) is 16.1. The summed E-state index contributed by atoms with van der Waals surface area (Å²) in [6.45, 7) is 0.451. The summed E-state index contributed by atoms with van der Waals surface area (Å²) >= 11 is 3.35. The van der Waals surface area contributed by atoms with Crippen LogP contribution in [0.25, 0.3) is 0 Å². The summed E-state index contributed by atoms with van der Waals surface area (Å²) < 4.78 is 6.02. The fraction of sp³-hybridized carbons (Fsp3) is 0.529. The molecule has 0 unspecified atom stereocenters. The van der Waals surface area contributed by atoms with Crippen molar-refractivity contribution < 1.29 is 14.3 Å². The lowest BCUT2D eigenvalue weighted by atomic mass is 9.97. The average molecular weight is 383 g/mol. The molecule has 1 aliphatic rings. The van der Waals surface area contributed by atoms with Crippen LogP contribution >= 0.6 is 15.9 Å². The Hall–Kier alpha value is -1.40. The molecule has 0 heterocycles. The van der Waals surface area contributed by atoms with E-state index < -0.39 is 0 Å². The van der Waals surface area contributed by atoms with Crippen LogP contribution in [0, 0.1) is 0 Å². The van der Waals surface area contributed by atoms with Gasteiger partial charge in [-0.05, 0) is 31.0 Å². The van der Waals surface area contributed by atoms with Crippen LogP contribution in [0.1, 0.15) is 48.9 Å². The van der Waals surface area contributed by atoms with Crippen LogP contribution in [0.5, 0.6) is 5.75 Å². The summed E-state index contributed by atoms with van der Waals surface area (Å²) in [5, 5.41) is 3.03. The lowest BCUT2D eigenvalue weighted by Crippen LogP contribution is -2.51. The van der Waals surface area contributed by atoms with Crippen molar-refractivity contribution in [3.8, 4) is 5.75 Å². The quantitative estimate of drug-likeness (QED) is 0.710. The van der Waals surface area contributed by atoms with Gasteiger partial charge >= 0.3 is 0 Å². The smallest absolute Gasteiger partial charge is 0.220 e. The van der Waals surface area contributed by atoms with Crippen molar-refractivity contribution in [3.05, 3.63) is 28.2 Å². The minimum Gasteiger partial charge on any atom is -0.496 e. The first kappa shape index (κ1) is 17.9. The molecule has 5 nitrogen and oxygen atoms in total. The highest BCUT2D eigenvalue weighted by Crippen LogP contribution is 2.29. The molecule has 6 heteroatoms. The third-order valence-electron chi connectivity index (χ3n) is 4.40. The van der Waals surface area contributed by atoms with Crippen LogP contribution in [-0.4, -0.2) is 30.9 Å². The van der Waals surface area contributed by atoms with Crippen LogP contribution in [0.3, 0.4) is 0 Å². The van der Waals surface area contributed by atoms with E-state index >= 15 is 0 Å². The van der Waals surface area contributed by atoms with Crippen molar-refractivity contribution in [2.24, 2.45) is 5.73 Å². The van der Waals surface area contributed by atoms with E-state index in [9.17, 15) is 9.59 Å². The summed E-state index contributed by atoms with van der Waals surface area (Å²) in [4.78, 5) is 24.5. The first-order valence-corrected chi connectivity index (χ1v) is 8.67. The Morgan fingerprint density at radius 1 is 1.30 bits per heavy atom. The molecular formula is C17H23BrN2O3. The fourth-order valence-electron chi connectivity index (χ4n) is 3.05. The molecule has 1 aromatic rings. The van der Waals surface area contributed by atoms with E-state index in [4.69, 9.17) is 10.5 Å². The number of benzene rings is 1. The van der Waals surface area contributed by atoms with Gasteiger partial charge in [0.2, 0.25) is 5.91 Å². The van der Waals surface area contributed by atoms with E-state index in [-0.39, 0.29) is 30.1 Å². The molecule has 23 heavy (non-hydrogen) atoms. The third-order valence-corrected chi connectivity index (χ3v) is 4.89. The molecule has 0 saturated heterocycles. The molecular weight excluding hydrogens is 360 g/mol. The molecule has 1 aromatic carbocycles. The molecule has 0 radical (unpaired) electrons. The van der Waals surface area contributed by atoms with E-state index in [1.165, 1.54) is 7.11 Å². The van der Waals surface area contributed by atoms with E-state index in [2.05, 4.69) is 21.2 Å². The Morgan fingerprint density at radius 3 is 2.61 bits per heavy atom. The molecule has 3 N–H and O–H groups in total. The number of ether oxygens (including phenoxy) is 1. The summed E-state index contributed by atoms with van der Waals surface area (Å²) in [7, 11) is 1.53. The molecule has 0 aromatic heterocycles. The molecule has 1 fully saturated rings. The Kier molecular flexibility index (Phi) is 6.18. The second-order valence-corrected chi connectivity index (χ2v) is 6.92. The van der Waals surface area contributed by atoms with Crippen molar-refractivity contribution in [2.45, 2.75) is 44.1 Å². The number of nitrogens with two attached hydrogens (primary N) is 1. The number of rotatable bonds is 7. The zero-order valence-corrected chi connectivity index (χ0v) is 14.9. The molecule has 2 rings (SSSR count). The molecule has 126 valence electrons. The zero-order valence-electron chi connectivity index (χ0n) is 13.4. The van der Waals surface area contributed by atoms with Gasteiger partial charge in [-0.3, -0.25) is 9.59 Å². The van der Waals surface area contributed by atoms with Gasteiger partial charge < -0.3 is 15.8 Å². The topological polar surface area (TPSA) is 81.4 Å². The Balaban J connectivity index is 1.94. The van der Waals surface area contributed by atoms with Gasteiger partial charge in [-0.15, -0.1) is 0 Å². The number of halogens is 1. The standard InChI is InChI=1S/C17H23BrN2O3/c1-23-15-6-4-12(18)10-13(15)14(21)5-7-16(22)20-17(11-19)8-2-3-9-17/h4,6,10H,2-3,5,7-9,11,19H2,1H3,(H,20,22). The minimum atomic E-state index is -0.270. The monoisotopic (exact) mass is 382 g/mol. The average Bonchev–Trinajstić information content (AvgIpc) is 3.01. The number of carbonyl (C=O) groups excluding carboxylic acids is 2. The van der Waals surface area contributed by atoms with Crippen molar-refractivity contribution in [3.63, 3.8) is 0 Å². The summed E-state index contributed by atoms with van der Waals surface area (Å²) in [6.07, 6.45) is 4.33. The van der Waals surface area contributed by atoms with Crippen molar-refractivity contribution in [1.82, 2.24) is 5.32 Å². The number of ketones is 1. The fourth-order valence-corrected chi connectivity index (χ4v) is 3.41. The van der Waals surface area contributed by atoms with Gasteiger partial charge in [0.05, 0.1) is 18.2 Å². The third kappa shape index (κ3) is 4.54. The molecule has 0 bridgehead atoms. The molecule has 0 atom stereocenters.